The van der Waals surface area contributed by atoms with E-state index in [4.69, 9.17) is 4.74 Å². The van der Waals surface area contributed by atoms with Crippen LogP contribution in [0.2, 0.25) is 0 Å². The van der Waals surface area contributed by atoms with E-state index in [-0.39, 0.29) is 36.7 Å². The molecule has 2 fully saturated rings. The predicted molar refractivity (Wildman–Crippen MR) is 143 cm³/mol. The van der Waals surface area contributed by atoms with Crippen molar-refractivity contribution in [1.29, 1.82) is 0 Å². The topological polar surface area (TPSA) is 145 Å². The lowest BCUT2D eigenvalue weighted by Gasteiger charge is -2.32. The number of aliphatic carboxylic acids is 1. The molecular formula is C29H33FN4O6. The van der Waals surface area contributed by atoms with Gasteiger partial charge in [0.05, 0.1) is 17.5 Å². The van der Waals surface area contributed by atoms with Crippen molar-refractivity contribution >= 4 is 29.2 Å². The Morgan fingerprint density at radius 1 is 1.10 bits per heavy atom. The average molecular weight is 553 g/mol. The minimum atomic E-state index is -1.24. The van der Waals surface area contributed by atoms with Crippen LogP contribution in [0, 0.1) is 23.6 Å². The third-order valence-corrected chi connectivity index (χ3v) is 8.26. The zero-order valence-electron chi connectivity index (χ0n) is 22.2. The molecule has 3 aromatic rings. The number of carbonyl (C=O) groups excluding carboxylic acids is 1. The Hall–Kier alpha value is -4.15. The number of carboxylic acids is 1. The molecule has 10 nitrogen and oxygen atoms in total. The Bertz CT molecular complexity index is 1390. The van der Waals surface area contributed by atoms with Crippen molar-refractivity contribution in [1.82, 2.24) is 20.2 Å². The molecule has 40 heavy (non-hydrogen) atoms. The highest BCUT2D eigenvalue weighted by Crippen LogP contribution is 2.39. The quantitative estimate of drug-likeness (QED) is 0.312. The number of fused-ring (bicyclic) bond motifs is 1. The van der Waals surface area contributed by atoms with Gasteiger partial charge in [-0.15, -0.1) is 0 Å². The van der Waals surface area contributed by atoms with E-state index in [1.165, 1.54) is 6.07 Å². The number of rotatable bonds is 7. The van der Waals surface area contributed by atoms with Gasteiger partial charge >= 0.3 is 18.2 Å². The summed E-state index contributed by atoms with van der Waals surface area (Å²) in [5.41, 5.74) is 1.40. The number of halogens is 1. The van der Waals surface area contributed by atoms with Crippen LogP contribution in [0.5, 0.6) is 0 Å². The number of H-pyrrole nitrogens is 1. The second-order valence-corrected chi connectivity index (χ2v) is 10.9. The van der Waals surface area contributed by atoms with Gasteiger partial charge in [0.2, 0.25) is 0 Å². The minimum absolute atomic E-state index is 0.0269. The van der Waals surface area contributed by atoms with E-state index in [9.17, 15) is 24.6 Å². The monoisotopic (exact) mass is 552 g/mol. The summed E-state index contributed by atoms with van der Waals surface area (Å²) in [5.74, 6) is -2.74. The first-order chi connectivity index (χ1) is 19.2. The van der Waals surface area contributed by atoms with Gasteiger partial charge in [-0.3, -0.25) is 4.79 Å². The smallest absolute Gasteiger partial charge is 0.408 e. The Balaban J connectivity index is 1.42. The molecule has 2 heterocycles. The van der Waals surface area contributed by atoms with Crippen LogP contribution in [0.1, 0.15) is 61.5 Å². The van der Waals surface area contributed by atoms with Gasteiger partial charge in [0.1, 0.15) is 17.9 Å². The summed E-state index contributed by atoms with van der Waals surface area (Å²) in [4.78, 5) is 44.9. The number of amides is 2. The van der Waals surface area contributed by atoms with Crippen molar-refractivity contribution in [2.75, 3.05) is 13.1 Å². The summed E-state index contributed by atoms with van der Waals surface area (Å²) >= 11 is 0. The van der Waals surface area contributed by atoms with Crippen LogP contribution in [0.15, 0.2) is 42.5 Å². The maximum atomic E-state index is 15.9. The van der Waals surface area contributed by atoms with Crippen molar-refractivity contribution in [2.24, 2.45) is 17.8 Å². The van der Waals surface area contributed by atoms with Gasteiger partial charge in [0.25, 0.3) is 0 Å². The molecule has 0 spiro atoms. The van der Waals surface area contributed by atoms with E-state index in [2.05, 4.69) is 22.2 Å². The summed E-state index contributed by atoms with van der Waals surface area (Å²) in [6, 6.07) is 11.9. The Labute approximate surface area is 230 Å². The lowest BCUT2D eigenvalue weighted by atomic mass is 9.79. The highest BCUT2D eigenvalue weighted by molar-refractivity contribution is 5.79. The van der Waals surface area contributed by atoms with Crippen LogP contribution in [-0.4, -0.2) is 56.3 Å². The summed E-state index contributed by atoms with van der Waals surface area (Å²) < 4.78 is 21.3. The van der Waals surface area contributed by atoms with Crippen molar-refractivity contribution in [3.63, 3.8) is 0 Å². The molecule has 1 aliphatic heterocycles. The van der Waals surface area contributed by atoms with Crippen LogP contribution in [0.4, 0.5) is 14.0 Å². The second-order valence-electron chi connectivity index (χ2n) is 10.9. The van der Waals surface area contributed by atoms with E-state index >= 15 is 4.39 Å². The van der Waals surface area contributed by atoms with Gasteiger partial charge in [0, 0.05) is 19.0 Å². The van der Waals surface area contributed by atoms with Crippen LogP contribution in [-0.2, 0) is 16.1 Å². The fourth-order valence-corrected chi connectivity index (χ4v) is 5.96. The first-order valence-electron chi connectivity index (χ1n) is 13.6. The number of imidazole rings is 1. The number of carbonyl (C=O) groups is 3. The lowest BCUT2D eigenvalue weighted by Crippen LogP contribution is -2.36. The normalized spacial score (nSPS) is 23.6. The zero-order valence-corrected chi connectivity index (χ0v) is 22.2. The van der Waals surface area contributed by atoms with Gasteiger partial charge in [-0.05, 0) is 41.9 Å². The largest absolute Gasteiger partial charge is 0.481 e. The molecule has 2 amide bonds. The fourth-order valence-electron chi connectivity index (χ4n) is 5.96. The van der Waals surface area contributed by atoms with E-state index in [0.29, 0.717) is 17.3 Å². The molecule has 0 bridgehead atoms. The van der Waals surface area contributed by atoms with E-state index in [1.54, 1.807) is 6.07 Å². The molecular weight excluding hydrogens is 519 g/mol. The molecule has 1 aliphatic carbocycles. The van der Waals surface area contributed by atoms with E-state index in [1.807, 2.05) is 30.3 Å². The first-order valence-corrected chi connectivity index (χ1v) is 13.6. The summed E-state index contributed by atoms with van der Waals surface area (Å²) in [5, 5.41) is 22.0. The first kappa shape index (κ1) is 27.4. The van der Waals surface area contributed by atoms with Crippen molar-refractivity contribution in [2.45, 2.75) is 51.2 Å². The molecule has 0 unspecified atom stereocenters. The maximum absolute atomic E-state index is 15.9. The van der Waals surface area contributed by atoms with E-state index in [0.717, 1.165) is 36.1 Å². The third kappa shape index (κ3) is 5.73. The molecule has 3 atom stereocenters. The molecule has 1 aromatic heterocycles. The third-order valence-electron chi connectivity index (χ3n) is 8.26. The maximum Gasteiger partial charge on any atom is 0.408 e. The SMILES string of the molecule is CC1CCC([C@H](NC(=O)OCc2ccccc2)c2nc3c(F)c([C@H]4CN(C(=O)O)C[C@H]4C(=O)O)ccc3[nH]2)CC1. The number of likely N-dealkylation sites (tertiary alicyclic amines) is 1. The number of hydrogen-bond donors (Lipinski definition) is 4. The minimum Gasteiger partial charge on any atom is -0.481 e. The highest BCUT2D eigenvalue weighted by atomic mass is 19.1. The molecule has 5 rings (SSSR count). The van der Waals surface area contributed by atoms with Crippen molar-refractivity contribution in [3.05, 3.63) is 65.2 Å². The second kappa shape index (κ2) is 11.5. The Kier molecular flexibility index (Phi) is 7.90. The molecule has 4 N–H and O–H groups in total. The van der Waals surface area contributed by atoms with Gasteiger partial charge in [-0.1, -0.05) is 56.2 Å². The van der Waals surface area contributed by atoms with Crippen LogP contribution >= 0.6 is 0 Å². The van der Waals surface area contributed by atoms with Gasteiger partial charge < -0.3 is 30.2 Å². The highest BCUT2D eigenvalue weighted by Gasteiger charge is 2.42. The number of aromatic nitrogens is 2. The standard InChI is InChI=1S/C29H33FN4O6/c1-16-7-9-18(10-8-16)24(33-28(37)40-15-17-5-3-2-4-6-17)26-31-22-12-11-19(23(30)25(22)32-26)20-13-34(29(38)39)14-21(20)27(35)36/h2-6,11-12,16,18,20-21,24H,7-10,13-15H2,1H3,(H,31,32)(H,33,37)(H,35,36)(H,38,39)/t16?,18?,20-,21-,24+/m1/s1. The zero-order chi connectivity index (χ0) is 28.4. The van der Waals surface area contributed by atoms with Crippen LogP contribution in [0.3, 0.4) is 0 Å². The predicted octanol–water partition coefficient (Wildman–Crippen LogP) is 5.27. The molecule has 0 radical (unpaired) electrons. The number of nitrogens with one attached hydrogen (secondary N) is 2. The number of carboxylic acid groups (broad SMARTS) is 2. The van der Waals surface area contributed by atoms with Gasteiger partial charge in [-0.25, -0.2) is 19.0 Å². The van der Waals surface area contributed by atoms with Crippen molar-refractivity contribution in [3.8, 4) is 0 Å². The molecule has 2 aliphatic rings. The summed E-state index contributed by atoms with van der Waals surface area (Å²) in [6.07, 6.45) is 1.88. The molecule has 212 valence electrons. The van der Waals surface area contributed by atoms with E-state index < -0.39 is 41.9 Å². The van der Waals surface area contributed by atoms with Gasteiger partial charge in [0.15, 0.2) is 5.82 Å². The van der Waals surface area contributed by atoms with Crippen LogP contribution in [0.25, 0.3) is 11.0 Å². The number of alkyl carbamates (subject to hydrolysis) is 1. The molecule has 1 saturated carbocycles. The number of ether oxygens (including phenoxy) is 1. The molecule has 1 saturated heterocycles. The van der Waals surface area contributed by atoms with Crippen LogP contribution < -0.4 is 5.32 Å². The summed E-state index contributed by atoms with van der Waals surface area (Å²) in [7, 11) is 0. The number of nitrogens with zero attached hydrogens (tertiary/aromatic N) is 2. The Morgan fingerprint density at radius 3 is 2.50 bits per heavy atom. The number of hydrogen-bond acceptors (Lipinski definition) is 5. The fraction of sp³-hybridized carbons (Fsp3) is 0.448. The summed E-state index contributed by atoms with van der Waals surface area (Å²) in [6.45, 7) is 1.97. The Morgan fingerprint density at radius 2 is 1.82 bits per heavy atom. The lowest BCUT2D eigenvalue weighted by molar-refractivity contribution is -0.141. The average Bonchev–Trinajstić information content (AvgIpc) is 3.58. The molecule has 2 aromatic carbocycles. The number of benzene rings is 2. The number of aromatic amines is 1. The molecule has 11 heteroatoms. The van der Waals surface area contributed by atoms with Gasteiger partial charge in [-0.2, -0.15) is 0 Å². The van der Waals surface area contributed by atoms with Crippen molar-refractivity contribution < 1.29 is 33.7 Å².